The highest BCUT2D eigenvalue weighted by Crippen LogP contribution is 2.44. The first-order chi connectivity index (χ1) is 16.0. The number of benzene rings is 1. The predicted octanol–water partition coefficient (Wildman–Crippen LogP) is 4.40. The number of fused-ring (bicyclic) bond motifs is 1. The number of hydrogen-bond donors (Lipinski definition) is 1. The summed E-state index contributed by atoms with van der Waals surface area (Å²) < 4.78 is 11.0. The van der Waals surface area contributed by atoms with E-state index in [1.165, 1.54) is 0 Å². The highest BCUT2D eigenvalue weighted by molar-refractivity contribution is 6.19. The number of carbonyl (C=O) groups is 1. The Bertz CT molecular complexity index is 1190. The smallest absolute Gasteiger partial charge is 0.338 e. The quantitative estimate of drug-likeness (QED) is 0.514. The van der Waals surface area contributed by atoms with Crippen LogP contribution in [0.3, 0.4) is 0 Å². The van der Waals surface area contributed by atoms with Crippen LogP contribution in [0.5, 0.6) is 0 Å². The first-order valence-corrected chi connectivity index (χ1v) is 11.7. The van der Waals surface area contributed by atoms with Gasteiger partial charge in [0.15, 0.2) is 0 Å². The van der Waals surface area contributed by atoms with Gasteiger partial charge in [-0.2, -0.15) is 5.26 Å². The number of aryl methyl sites for hydroxylation is 1. The van der Waals surface area contributed by atoms with Gasteiger partial charge in [0.05, 0.1) is 29.5 Å². The van der Waals surface area contributed by atoms with Crippen LogP contribution in [0.25, 0.3) is 10.9 Å². The zero-order valence-electron chi connectivity index (χ0n) is 18.9. The fourth-order valence-electron chi connectivity index (χ4n) is 4.53. The summed E-state index contributed by atoms with van der Waals surface area (Å²) in [4.78, 5) is 20.3. The van der Waals surface area contributed by atoms with Gasteiger partial charge in [0.1, 0.15) is 23.2 Å². The Labute approximate surface area is 198 Å². The summed E-state index contributed by atoms with van der Waals surface area (Å²) in [6.07, 6.45) is 3.27. The summed E-state index contributed by atoms with van der Waals surface area (Å²) in [5.74, 6) is -0.554. The number of nitrogens with two attached hydrogens (primary N) is 1. The van der Waals surface area contributed by atoms with Crippen molar-refractivity contribution in [2.24, 2.45) is 5.73 Å². The van der Waals surface area contributed by atoms with Crippen LogP contribution < -0.4 is 10.6 Å². The average molecular weight is 467 g/mol. The molecule has 0 bridgehead atoms. The van der Waals surface area contributed by atoms with Crippen molar-refractivity contribution in [3.8, 4) is 6.07 Å². The molecular formula is C25H27ClN4O3. The van der Waals surface area contributed by atoms with Crippen molar-refractivity contribution in [2.45, 2.75) is 39.0 Å². The van der Waals surface area contributed by atoms with Crippen molar-refractivity contribution in [3.05, 3.63) is 58.2 Å². The maximum atomic E-state index is 13.1. The molecule has 1 aromatic carbocycles. The third-order valence-electron chi connectivity index (χ3n) is 6.06. The number of aromatic nitrogens is 1. The summed E-state index contributed by atoms with van der Waals surface area (Å²) in [5, 5.41) is 11.0. The second kappa shape index (κ2) is 9.72. The number of nitrogens with zero attached hydrogens (tertiary/aromatic N) is 3. The molecule has 1 saturated heterocycles. The van der Waals surface area contributed by atoms with Crippen LogP contribution in [0.1, 0.15) is 43.2 Å². The lowest BCUT2D eigenvalue weighted by molar-refractivity contribution is -0.139. The van der Waals surface area contributed by atoms with Crippen molar-refractivity contribution in [3.63, 3.8) is 0 Å². The fourth-order valence-corrected chi connectivity index (χ4v) is 4.73. The molecule has 2 aromatic rings. The molecule has 8 heteroatoms. The van der Waals surface area contributed by atoms with Crippen LogP contribution in [0.4, 0.5) is 5.82 Å². The molecule has 0 radical (unpaired) electrons. The van der Waals surface area contributed by atoms with E-state index in [0.717, 1.165) is 60.2 Å². The Morgan fingerprint density at radius 2 is 2.09 bits per heavy atom. The Hall–Kier alpha value is -3.24. The molecule has 0 amide bonds. The van der Waals surface area contributed by atoms with E-state index in [0.29, 0.717) is 0 Å². The number of pyridine rings is 1. The van der Waals surface area contributed by atoms with Gasteiger partial charge in [-0.15, -0.1) is 11.6 Å². The number of anilines is 1. The minimum Gasteiger partial charge on any atom is -0.463 e. The number of allylic oxidation sites excluding steroid dienone is 2. The minimum atomic E-state index is -0.786. The number of carbonyl (C=O) groups excluding carboxylic acids is 1. The third-order valence-corrected chi connectivity index (χ3v) is 6.30. The molecule has 4 rings (SSSR count). The van der Waals surface area contributed by atoms with Crippen molar-refractivity contribution >= 4 is 34.3 Å². The monoisotopic (exact) mass is 466 g/mol. The van der Waals surface area contributed by atoms with E-state index in [1.807, 2.05) is 31.2 Å². The SMILES string of the molecule is CCOC(=O)C1=C(CCl)OC(N)=C(C#N)[C@@H]1c1cc2cc(C)ccc2nc1N1CCCCC1. The second-order valence-electron chi connectivity index (χ2n) is 8.26. The lowest BCUT2D eigenvalue weighted by Gasteiger charge is -2.33. The molecule has 33 heavy (non-hydrogen) atoms. The zero-order valence-corrected chi connectivity index (χ0v) is 19.6. The first-order valence-electron chi connectivity index (χ1n) is 11.2. The molecule has 172 valence electrons. The van der Waals surface area contributed by atoms with E-state index in [4.69, 9.17) is 31.8 Å². The lowest BCUT2D eigenvalue weighted by Crippen LogP contribution is -2.33. The molecule has 1 fully saturated rings. The van der Waals surface area contributed by atoms with E-state index in [1.54, 1.807) is 6.92 Å². The Balaban J connectivity index is 2.01. The number of piperidine rings is 1. The Morgan fingerprint density at radius 3 is 2.76 bits per heavy atom. The van der Waals surface area contributed by atoms with Gasteiger partial charge in [-0.3, -0.25) is 0 Å². The van der Waals surface area contributed by atoms with E-state index in [2.05, 4.69) is 11.0 Å². The molecule has 0 aliphatic carbocycles. The zero-order chi connectivity index (χ0) is 23.5. The number of hydrogen-bond acceptors (Lipinski definition) is 7. The van der Waals surface area contributed by atoms with Crippen LogP contribution in [-0.4, -0.2) is 36.5 Å². The number of rotatable bonds is 5. The van der Waals surface area contributed by atoms with Crippen LogP contribution in [-0.2, 0) is 14.3 Å². The van der Waals surface area contributed by atoms with Crippen molar-refractivity contribution < 1.29 is 14.3 Å². The molecule has 0 spiro atoms. The number of alkyl halides is 1. The maximum absolute atomic E-state index is 13.1. The standard InChI is InChI=1S/C25H27ClN4O3/c1-3-32-25(31)22-20(13-26)33-23(28)18(14-27)21(22)17-12-16-11-15(2)7-8-19(16)29-24(17)30-9-5-4-6-10-30/h7-8,11-12,21H,3-6,9-10,13,28H2,1-2H3/t21-/m0/s1. The van der Waals surface area contributed by atoms with E-state index >= 15 is 0 Å². The van der Waals surface area contributed by atoms with Gasteiger partial charge in [0.25, 0.3) is 0 Å². The van der Waals surface area contributed by atoms with Crippen molar-refractivity contribution in [1.82, 2.24) is 4.98 Å². The summed E-state index contributed by atoms with van der Waals surface area (Å²) >= 11 is 6.15. The topological polar surface area (TPSA) is 101 Å². The normalized spacial score (nSPS) is 18.8. The molecule has 1 aromatic heterocycles. The number of halogens is 1. The fraction of sp³-hybridized carbons (Fsp3) is 0.400. The molecule has 1 atom stereocenters. The van der Waals surface area contributed by atoms with E-state index in [9.17, 15) is 10.1 Å². The molecule has 2 aliphatic rings. The Kier molecular flexibility index (Phi) is 6.75. The van der Waals surface area contributed by atoms with Gasteiger partial charge in [-0.05, 0) is 51.3 Å². The maximum Gasteiger partial charge on any atom is 0.338 e. The minimum absolute atomic E-state index is 0.0554. The van der Waals surface area contributed by atoms with Crippen LogP contribution in [0.2, 0.25) is 0 Å². The molecule has 3 heterocycles. The van der Waals surface area contributed by atoms with E-state index < -0.39 is 11.9 Å². The molecule has 2 aliphatic heterocycles. The molecule has 2 N–H and O–H groups in total. The summed E-state index contributed by atoms with van der Waals surface area (Å²) in [5.41, 5.74) is 9.16. The second-order valence-corrected chi connectivity index (χ2v) is 8.53. The summed E-state index contributed by atoms with van der Waals surface area (Å²) in [6.45, 7) is 5.62. The molecule has 7 nitrogen and oxygen atoms in total. The lowest BCUT2D eigenvalue weighted by atomic mass is 9.82. The predicted molar refractivity (Wildman–Crippen MR) is 128 cm³/mol. The number of ether oxygens (including phenoxy) is 2. The molecule has 0 saturated carbocycles. The van der Waals surface area contributed by atoms with Gasteiger partial charge in [-0.25, -0.2) is 9.78 Å². The van der Waals surface area contributed by atoms with Gasteiger partial charge in [-0.1, -0.05) is 11.6 Å². The van der Waals surface area contributed by atoms with Crippen LogP contribution in [0, 0.1) is 18.3 Å². The van der Waals surface area contributed by atoms with Crippen LogP contribution >= 0.6 is 11.6 Å². The average Bonchev–Trinajstić information content (AvgIpc) is 2.83. The van der Waals surface area contributed by atoms with Gasteiger partial charge in [0, 0.05) is 24.0 Å². The van der Waals surface area contributed by atoms with Gasteiger partial charge in [0.2, 0.25) is 5.88 Å². The summed E-state index contributed by atoms with van der Waals surface area (Å²) in [6, 6.07) is 10.2. The number of esters is 1. The van der Waals surface area contributed by atoms with Gasteiger partial charge < -0.3 is 20.1 Å². The first kappa shape index (κ1) is 22.9. The van der Waals surface area contributed by atoms with Crippen LogP contribution in [0.15, 0.2) is 47.1 Å². The number of nitriles is 1. The van der Waals surface area contributed by atoms with Crippen molar-refractivity contribution in [2.75, 3.05) is 30.5 Å². The third kappa shape index (κ3) is 4.36. The molecule has 0 unspecified atom stereocenters. The van der Waals surface area contributed by atoms with Crippen molar-refractivity contribution in [1.29, 1.82) is 5.26 Å². The van der Waals surface area contributed by atoms with E-state index in [-0.39, 0.29) is 35.3 Å². The largest absolute Gasteiger partial charge is 0.463 e. The highest BCUT2D eigenvalue weighted by Gasteiger charge is 2.39. The Morgan fingerprint density at radius 1 is 1.33 bits per heavy atom. The molecular weight excluding hydrogens is 440 g/mol. The highest BCUT2D eigenvalue weighted by atomic mass is 35.5. The summed E-state index contributed by atoms with van der Waals surface area (Å²) in [7, 11) is 0. The van der Waals surface area contributed by atoms with Gasteiger partial charge >= 0.3 is 5.97 Å².